The van der Waals surface area contributed by atoms with Gasteiger partial charge in [0.05, 0.1) is 6.61 Å². The van der Waals surface area contributed by atoms with Crippen LogP contribution in [0.25, 0.3) is 0 Å². The molecule has 0 radical (unpaired) electrons. The fraction of sp³-hybridized carbons (Fsp3) is 0.545. The van der Waals surface area contributed by atoms with Crippen LogP contribution >= 0.6 is 0 Å². The zero-order chi connectivity index (χ0) is 24.4. The van der Waals surface area contributed by atoms with Crippen LogP contribution in [0, 0.1) is 11.8 Å². The molecule has 0 saturated carbocycles. The smallest absolute Gasteiger partial charge is 0.326 e. The van der Waals surface area contributed by atoms with E-state index >= 15 is 0 Å². The normalized spacial score (nSPS) is 14.9. The maximum absolute atomic E-state index is 13.0. The van der Waals surface area contributed by atoms with Gasteiger partial charge in [0.2, 0.25) is 17.7 Å². The molecule has 1 aromatic carbocycles. The van der Waals surface area contributed by atoms with E-state index in [4.69, 9.17) is 10.8 Å². The third-order valence-electron chi connectivity index (χ3n) is 4.93. The number of carbonyl (C=O) groups excluding carboxylic acids is 3. The zero-order valence-corrected chi connectivity index (χ0v) is 18.9. The maximum Gasteiger partial charge on any atom is 0.326 e. The molecular formula is C22H34N4O6. The molecule has 3 amide bonds. The molecule has 0 heterocycles. The highest BCUT2D eigenvalue weighted by Gasteiger charge is 2.32. The number of carboxylic acid groups (broad SMARTS) is 1. The molecule has 0 fully saturated rings. The first-order valence-electron chi connectivity index (χ1n) is 10.5. The van der Waals surface area contributed by atoms with Gasteiger partial charge in [-0.05, 0) is 17.4 Å². The molecule has 0 saturated heterocycles. The molecule has 1 aromatic rings. The van der Waals surface area contributed by atoms with Gasteiger partial charge in [-0.1, -0.05) is 58.0 Å². The lowest BCUT2D eigenvalue weighted by atomic mass is 9.99. The molecule has 10 nitrogen and oxygen atoms in total. The third kappa shape index (κ3) is 8.27. The molecule has 178 valence electrons. The van der Waals surface area contributed by atoms with Gasteiger partial charge in [-0.3, -0.25) is 14.4 Å². The Kier molecular flexibility index (Phi) is 10.8. The summed E-state index contributed by atoms with van der Waals surface area (Å²) in [6.45, 7) is 6.16. The Hall–Kier alpha value is -2.98. The van der Waals surface area contributed by atoms with Crippen molar-refractivity contribution in [3.8, 4) is 0 Å². The summed E-state index contributed by atoms with van der Waals surface area (Å²) in [6, 6.07) is 4.56. The summed E-state index contributed by atoms with van der Waals surface area (Å²) in [5, 5.41) is 26.1. The van der Waals surface area contributed by atoms with Crippen molar-refractivity contribution in [2.24, 2.45) is 17.6 Å². The summed E-state index contributed by atoms with van der Waals surface area (Å²) >= 11 is 0. The largest absolute Gasteiger partial charge is 0.480 e. The van der Waals surface area contributed by atoms with Crippen molar-refractivity contribution in [2.45, 2.75) is 58.3 Å². The number of nitrogens with two attached hydrogens (primary N) is 1. The second kappa shape index (κ2) is 12.8. The van der Waals surface area contributed by atoms with Crippen molar-refractivity contribution in [3.05, 3.63) is 35.9 Å². The molecular weight excluding hydrogens is 416 g/mol. The van der Waals surface area contributed by atoms with Gasteiger partial charge in [-0.25, -0.2) is 4.79 Å². The van der Waals surface area contributed by atoms with Crippen molar-refractivity contribution < 1.29 is 29.4 Å². The zero-order valence-electron chi connectivity index (χ0n) is 18.9. The molecule has 7 N–H and O–H groups in total. The number of hydrogen-bond donors (Lipinski definition) is 6. The lowest BCUT2D eigenvalue weighted by Crippen LogP contribution is -2.59. The van der Waals surface area contributed by atoms with E-state index in [0.29, 0.717) is 0 Å². The predicted molar refractivity (Wildman–Crippen MR) is 118 cm³/mol. The Labute approximate surface area is 187 Å². The van der Waals surface area contributed by atoms with Crippen LogP contribution in [0.5, 0.6) is 0 Å². The molecule has 0 aliphatic heterocycles. The van der Waals surface area contributed by atoms with Crippen molar-refractivity contribution >= 4 is 23.7 Å². The Morgan fingerprint density at radius 2 is 1.38 bits per heavy atom. The Morgan fingerprint density at radius 1 is 0.844 bits per heavy atom. The predicted octanol–water partition coefficient (Wildman–Crippen LogP) is -0.600. The minimum atomic E-state index is -1.20. The molecule has 4 atom stereocenters. The number of benzene rings is 1. The third-order valence-corrected chi connectivity index (χ3v) is 4.93. The van der Waals surface area contributed by atoms with E-state index in [1.54, 1.807) is 52.0 Å². The lowest BCUT2D eigenvalue weighted by Gasteiger charge is -2.27. The minimum absolute atomic E-state index is 0.132. The quantitative estimate of drug-likeness (QED) is 0.247. The highest BCUT2D eigenvalue weighted by atomic mass is 16.4. The van der Waals surface area contributed by atoms with Gasteiger partial charge >= 0.3 is 5.97 Å². The topological polar surface area (TPSA) is 171 Å². The van der Waals surface area contributed by atoms with Gasteiger partial charge in [0.15, 0.2) is 0 Å². The van der Waals surface area contributed by atoms with Crippen molar-refractivity contribution in [1.29, 1.82) is 0 Å². The van der Waals surface area contributed by atoms with Gasteiger partial charge in [0.1, 0.15) is 24.2 Å². The highest BCUT2D eigenvalue weighted by molar-refractivity contribution is 5.94. The van der Waals surface area contributed by atoms with Gasteiger partial charge < -0.3 is 31.9 Å². The van der Waals surface area contributed by atoms with E-state index in [-0.39, 0.29) is 18.3 Å². The monoisotopic (exact) mass is 450 g/mol. The number of nitrogens with one attached hydrogen (secondary N) is 3. The van der Waals surface area contributed by atoms with Crippen molar-refractivity contribution in [3.63, 3.8) is 0 Å². The van der Waals surface area contributed by atoms with Crippen LogP contribution in [0.1, 0.15) is 33.3 Å². The summed E-state index contributed by atoms with van der Waals surface area (Å²) in [5.74, 6) is -3.85. The van der Waals surface area contributed by atoms with Crippen LogP contribution < -0.4 is 21.7 Å². The van der Waals surface area contributed by atoms with Crippen molar-refractivity contribution in [1.82, 2.24) is 16.0 Å². The first-order chi connectivity index (χ1) is 15.0. The van der Waals surface area contributed by atoms with Crippen LogP contribution in [-0.4, -0.2) is 64.7 Å². The first kappa shape index (κ1) is 27.1. The van der Waals surface area contributed by atoms with Gasteiger partial charge in [0.25, 0.3) is 0 Å². The Bertz CT molecular complexity index is 784. The number of rotatable bonds is 12. The second-order valence-electron chi connectivity index (χ2n) is 8.34. The summed E-state index contributed by atoms with van der Waals surface area (Å²) in [4.78, 5) is 49.5. The summed E-state index contributed by atoms with van der Waals surface area (Å²) in [6.07, 6.45) is 0.132. The minimum Gasteiger partial charge on any atom is -0.480 e. The number of aliphatic hydroxyl groups excluding tert-OH is 1. The molecule has 0 spiro atoms. The molecule has 0 aromatic heterocycles. The number of hydrogen-bond acceptors (Lipinski definition) is 6. The van der Waals surface area contributed by atoms with E-state index in [2.05, 4.69) is 16.0 Å². The van der Waals surface area contributed by atoms with E-state index in [0.717, 1.165) is 5.56 Å². The van der Waals surface area contributed by atoms with E-state index in [1.807, 2.05) is 6.07 Å². The molecule has 1 rings (SSSR count). The van der Waals surface area contributed by atoms with Crippen molar-refractivity contribution in [2.75, 3.05) is 6.61 Å². The van der Waals surface area contributed by atoms with Gasteiger partial charge in [0, 0.05) is 6.42 Å². The fourth-order valence-corrected chi connectivity index (χ4v) is 2.97. The summed E-state index contributed by atoms with van der Waals surface area (Å²) < 4.78 is 0. The Morgan fingerprint density at radius 3 is 1.84 bits per heavy atom. The Balaban J connectivity index is 3.05. The molecule has 10 heteroatoms. The molecule has 4 unspecified atom stereocenters. The summed E-state index contributed by atoms with van der Waals surface area (Å²) in [5.41, 5.74) is 6.32. The number of aliphatic hydroxyl groups is 1. The highest BCUT2D eigenvalue weighted by Crippen LogP contribution is 2.09. The van der Waals surface area contributed by atoms with E-state index < -0.39 is 54.5 Å². The molecule has 0 aliphatic rings. The number of aliphatic carboxylic acids is 1. The number of carboxylic acids is 1. The molecule has 32 heavy (non-hydrogen) atoms. The van der Waals surface area contributed by atoms with Crippen LogP contribution in [0.2, 0.25) is 0 Å². The van der Waals surface area contributed by atoms with Crippen LogP contribution in [0.3, 0.4) is 0 Å². The van der Waals surface area contributed by atoms with Crippen LogP contribution in [-0.2, 0) is 25.6 Å². The fourth-order valence-electron chi connectivity index (χ4n) is 2.97. The average Bonchev–Trinajstić information content (AvgIpc) is 2.74. The summed E-state index contributed by atoms with van der Waals surface area (Å²) in [7, 11) is 0. The molecule has 0 bridgehead atoms. The standard InChI is InChI=1S/C22H34N4O6/c1-12(2)17(21(30)26-18(13(3)4)22(31)32)25-20(29)16(24-19(28)15(23)11-27)10-14-8-6-5-7-9-14/h5-9,12-13,15-18,27H,10-11,23H2,1-4H3,(H,24,28)(H,25,29)(H,26,30)(H,31,32). The van der Waals surface area contributed by atoms with Gasteiger partial charge in [-0.15, -0.1) is 0 Å². The molecule has 0 aliphatic carbocycles. The van der Waals surface area contributed by atoms with Crippen LogP contribution in [0.15, 0.2) is 30.3 Å². The van der Waals surface area contributed by atoms with E-state index in [1.165, 1.54) is 0 Å². The SMILES string of the molecule is CC(C)C(NC(=O)C(NC(=O)C(Cc1ccccc1)NC(=O)C(N)CO)C(C)C)C(=O)O. The maximum atomic E-state index is 13.0. The second-order valence-corrected chi connectivity index (χ2v) is 8.34. The van der Waals surface area contributed by atoms with E-state index in [9.17, 15) is 24.3 Å². The number of amides is 3. The van der Waals surface area contributed by atoms with Gasteiger partial charge in [-0.2, -0.15) is 0 Å². The lowest BCUT2D eigenvalue weighted by molar-refractivity contribution is -0.143. The first-order valence-corrected chi connectivity index (χ1v) is 10.5. The van der Waals surface area contributed by atoms with Crippen LogP contribution in [0.4, 0.5) is 0 Å². The average molecular weight is 451 g/mol. The number of carbonyl (C=O) groups is 4.